The van der Waals surface area contributed by atoms with Crippen LogP contribution in [-0.4, -0.2) is 13.8 Å². The summed E-state index contributed by atoms with van der Waals surface area (Å²) < 4.78 is 4.32. The molecule has 0 unspecified atom stereocenters. The molecule has 4 nitrogen and oxygen atoms in total. The van der Waals surface area contributed by atoms with E-state index in [9.17, 15) is 0 Å². The third kappa shape index (κ3) is 5.17. The number of nitrogens with zero attached hydrogens (tertiary/aromatic N) is 3. The third-order valence-corrected chi connectivity index (χ3v) is 5.46. The van der Waals surface area contributed by atoms with Crippen molar-refractivity contribution >= 4 is 17.8 Å². The van der Waals surface area contributed by atoms with Gasteiger partial charge in [0.25, 0.3) is 0 Å². The van der Waals surface area contributed by atoms with Crippen LogP contribution in [0.5, 0.6) is 0 Å². The van der Waals surface area contributed by atoms with E-state index in [1.807, 2.05) is 24.4 Å². The molecule has 0 spiro atoms. The molecular weight excluding hydrogens is 352 g/mol. The highest BCUT2D eigenvalue weighted by Crippen LogP contribution is 2.21. The SMILES string of the molecule is CCc1cc(C)c(Cc2ccc(N)nc2)cn(Sc2ccccc2)n(C)c1. The Labute approximate surface area is 165 Å². The molecule has 0 radical (unpaired) electrons. The first-order chi connectivity index (χ1) is 13.0. The zero-order valence-corrected chi connectivity index (χ0v) is 16.9. The second kappa shape index (κ2) is 8.82. The molecule has 0 amide bonds. The first kappa shape index (κ1) is 19.1. The summed E-state index contributed by atoms with van der Waals surface area (Å²) in [5.41, 5.74) is 10.7. The summed E-state index contributed by atoms with van der Waals surface area (Å²) >= 11 is 1.70. The lowest BCUT2D eigenvalue weighted by Crippen LogP contribution is -2.08. The van der Waals surface area contributed by atoms with Gasteiger partial charge in [-0.25, -0.2) is 9.07 Å². The predicted octanol–water partition coefficient (Wildman–Crippen LogP) is 4.95. The molecule has 0 fully saturated rings. The maximum atomic E-state index is 5.73. The van der Waals surface area contributed by atoms with Gasteiger partial charge in [-0.05, 0) is 53.8 Å². The van der Waals surface area contributed by atoms with E-state index in [1.165, 1.54) is 21.6 Å². The van der Waals surface area contributed by atoms with E-state index in [2.05, 4.69) is 77.4 Å². The van der Waals surface area contributed by atoms with Gasteiger partial charge >= 0.3 is 0 Å². The van der Waals surface area contributed by atoms with E-state index < -0.39 is 0 Å². The maximum Gasteiger partial charge on any atom is 0.123 e. The lowest BCUT2D eigenvalue weighted by molar-refractivity contribution is 0.692. The van der Waals surface area contributed by atoms with Crippen LogP contribution < -0.4 is 5.73 Å². The van der Waals surface area contributed by atoms with Gasteiger partial charge in [0.1, 0.15) is 5.82 Å². The molecule has 3 aromatic rings. The van der Waals surface area contributed by atoms with Crippen molar-refractivity contribution in [2.24, 2.45) is 7.05 Å². The Morgan fingerprint density at radius 3 is 2.48 bits per heavy atom. The van der Waals surface area contributed by atoms with Crippen LogP contribution >= 0.6 is 11.9 Å². The van der Waals surface area contributed by atoms with Gasteiger partial charge in [0.15, 0.2) is 0 Å². The van der Waals surface area contributed by atoms with Gasteiger partial charge in [-0.3, -0.25) is 4.68 Å². The monoisotopic (exact) mass is 378 g/mol. The number of aryl methyl sites for hydroxylation is 3. The Hall–Kier alpha value is -2.66. The topological polar surface area (TPSA) is 48.8 Å². The van der Waals surface area contributed by atoms with Crippen LogP contribution in [0.25, 0.3) is 0 Å². The number of nitrogens with two attached hydrogens (primary N) is 1. The van der Waals surface area contributed by atoms with E-state index in [0.717, 1.165) is 18.4 Å². The fourth-order valence-corrected chi connectivity index (χ4v) is 3.70. The molecule has 0 bridgehead atoms. The lowest BCUT2D eigenvalue weighted by atomic mass is 10.0. The zero-order valence-electron chi connectivity index (χ0n) is 16.1. The average molecular weight is 379 g/mol. The Morgan fingerprint density at radius 1 is 1.04 bits per heavy atom. The highest BCUT2D eigenvalue weighted by molar-refractivity contribution is 7.97. The van der Waals surface area contributed by atoms with Gasteiger partial charge in [0.2, 0.25) is 0 Å². The van der Waals surface area contributed by atoms with E-state index in [0.29, 0.717) is 5.82 Å². The number of hydrogen-bond donors (Lipinski definition) is 1. The highest BCUT2D eigenvalue weighted by Gasteiger charge is 2.05. The minimum absolute atomic E-state index is 0.551. The second-order valence-electron chi connectivity index (χ2n) is 6.59. The summed E-state index contributed by atoms with van der Waals surface area (Å²) in [4.78, 5) is 5.43. The van der Waals surface area contributed by atoms with Crippen molar-refractivity contribution in [2.45, 2.75) is 31.6 Å². The van der Waals surface area contributed by atoms with Gasteiger partial charge in [0.05, 0.1) is 0 Å². The molecular formula is C22H26N4S. The van der Waals surface area contributed by atoms with Crippen LogP contribution in [0, 0.1) is 6.92 Å². The quantitative estimate of drug-likeness (QED) is 0.684. The van der Waals surface area contributed by atoms with Crippen LogP contribution in [0.4, 0.5) is 5.82 Å². The van der Waals surface area contributed by atoms with Crippen LogP contribution in [0.15, 0.2) is 72.0 Å². The molecule has 2 heterocycles. The number of rotatable bonds is 5. The molecule has 0 atom stereocenters. The Balaban J connectivity index is 2.08. The molecule has 0 aliphatic carbocycles. The molecule has 0 aliphatic rings. The van der Waals surface area contributed by atoms with Gasteiger partial charge in [-0.1, -0.05) is 37.3 Å². The summed E-state index contributed by atoms with van der Waals surface area (Å²) in [6.45, 7) is 4.36. The van der Waals surface area contributed by atoms with Crippen molar-refractivity contribution in [3.05, 3.63) is 89.4 Å². The number of aromatic nitrogens is 3. The number of benzene rings is 1. The summed E-state index contributed by atoms with van der Waals surface area (Å²) in [6, 6.07) is 16.6. The first-order valence-corrected chi connectivity index (χ1v) is 9.88. The van der Waals surface area contributed by atoms with Crippen LogP contribution in [0.3, 0.4) is 0 Å². The predicted molar refractivity (Wildman–Crippen MR) is 114 cm³/mol. The summed E-state index contributed by atoms with van der Waals surface area (Å²) in [6.07, 6.45) is 8.06. The molecule has 5 heteroatoms. The summed E-state index contributed by atoms with van der Waals surface area (Å²) in [5.74, 6) is 0.551. The molecule has 0 saturated heterocycles. The molecule has 2 aromatic heterocycles. The van der Waals surface area contributed by atoms with Gasteiger partial charge in [-0.2, -0.15) is 0 Å². The van der Waals surface area contributed by atoms with Crippen LogP contribution in [0.1, 0.15) is 29.2 Å². The van der Waals surface area contributed by atoms with Crippen molar-refractivity contribution in [1.29, 1.82) is 0 Å². The van der Waals surface area contributed by atoms with E-state index in [1.54, 1.807) is 11.9 Å². The molecule has 1 aromatic carbocycles. The summed E-state index contributed by atoms with van der Waals surface area (Å²) in [5, 5.41) is 0. The van der Waals surface area contributed by atoms with E-state index in [-0.39, 0.29) is 0 Å². The molecule has 0 aliphatic heterocycles. The average Bonchev–Trinajstić information content (AvgIpc) is 2.67. The molecule has 0 saturated carbocycles. The normalized spacial score (nSPS) is 10.6. The smallest absolute Gasteiger partial charge is 0.123 e. The Kier molecular flexibility index (Phi) is 6.24. The van der Waals surface area contributed by atoms with E-state index >= 15 is 0 Å². The minimum atomic E-state index is 0.551. The largest absolute Gasteiger partial charge is 0.384 e. The number of nitrogen functional groups attached to an aromatic ring is 1. The van der Waals surface area contributed by atoms with Crippen LogP contribution in [0.2, 0.25) is 0 Å². The molecule has 2 N–H and O–H groups in total. The maximum absolute atomic E-state index is 5.73. The number of anilines is 1. The second-order valence-corrected chi connectivity index (χ2v) is 7.62. The zero-order chi connectivity index (χ0) is 19.2. The minimum Gasteiger partial charge on any atom is -0.384 e. The number of hydrogen-bond acceptors (Lipinski definition) is 3. The fourth-order valence-electron chi connectivity index (χ4n) is 2.85. The molecule has 27 heavy (non-hydrogen) atoms. The molecule has 3 rings (SSSR count). The van der Waals surface area contributed by atoms with Crippen molar-refractivity contribution in [1.82, 2.24) is 13.8 Å². The van der Waals surface area contributed by atoms with Crippen molar-refractivity contribution < 1.29 is 0 Å². The third-order valence-electron chi connectivity index (χ3n) is 4.43. The Bertz CT molecular complexity index is 938. The standard InChI is InChI=1S/C22H26N4S/c1-4-18-12-17(2)20(13-19-10-11-22(23)24-14-19)16-26(25(3)15-18)27-21-8-6-5-7-9-21/h5-12,14-16H,4,13H2,1-3H3,(H2,23,24). The lowest BCUT2D eigenvalue weighted by Gasteiger charge is -2.15. The van der Waals surface area contributed by atoms with Gasteiger partial charge in [-0.15, -0.1) is 0 Å². The van der Waals surface area contributed by atoms with Crippen molar-refractivity contribution in [2.75, 3.05) is 5.73 Å². The highest BCUT2D eigenvalue weighted by atomic mass is 32.2. The van der Waals surface area contributed by atoms with E-state index in [4.69, 9.17) is 5.73 Å². The van der Waals surface area contributed by atoms with Gasteiger partial charge < -0.3 is 5.73 Å². The first-order valence-electron chi connectivity index (χ1n) is 9.10. The molecule has 140 valence electrons. The van der Waals surface area contributed by atoms with Crippen molar-refractivity contribution in [3.8, 4) is 0 Å². The fraction of sp³-hybridized carbons (Fsp3) is 0.227. The Morgan fingerprint density at radius 2 is 1.81 bits per heavy atom. The summed E-state index contributed by atoms with van der Waals surface area (Å²) in [7, 11) is 2.08. The van der Waals surface area contributed by atoms with Gasteiger partial charge in [0, 0.05) is 48.9 Å². The van der Waals surface area contributed by atoms with Crippen molar-refractivity contribution in [3.63, 3.8) is 0 Å². The van der Waals surface area contributed by atoms with Crippen LogP contribution in [-0.2, 0) is 19.9 Å². The number of pyridine rings is 1.